The molecule has 0 saturated heterocycles. The van der Waals surface area contributed by atoms with Gasteiger partial charge in [0.25, 0.3) is 0 Å². The number of hydrogen-bond donors (Lipinski definition) is 1. The minimum atomic E-state index is -1.63. The molecule has 29 heavy (non-hydrogen) atoms. The third kappa shape index (κ3) is 3.81. The smallest absolute Gasteiger partial charge is 0.213 e. The minimum Gasteiger partial charge on any atom is -0.503 e. The van der Waals surface area contributed by atoms with Crippen LogP contribution in [0.2, 0.25) is 0 Å². The average Bonchev–Trinajstić information content (AvgIpc) is 3.35. The molecule has 4 aromatic rings. The highest BCUT2D eigenvalue weighted by Gasteiger charge is 2.22. The van der Waals surface area contributed by atoms with Gasteiger partial charge in [0.1, 0.15) is 16.6 Å². The van der Waals surface area contributed by atoms with E-state index in [9.17, 15) is 18.3 Å². The Labute approximate surface area is 171 Å². The van der Waals surface area contributed by atoms with E-state index in [0.717, 1.165) is 16.2 Å². The molecular weight excluding hydrogens is 423 g/mol. The van der Waals surface area contributed by atoms with E-state index in [0.29, 0.717) is 28.3 Å². The number of hydrogen-bond acceptors (Lipinski definition) is 7. The molecule has 0 fully saturated rings. The molecule has 10 heteroatoms. The molecule has 0 radical (unpaired) electrons. The van der Waals surface area contributed by atoms with Crippen LogP contribution in [0.5, 0.6) is 11.6 Å². The Bertz CT molecular complexity index is 1180. The normalized spacial score (nSPS) is 11.0. The number of aromatic hydroxyl groups is 1. The van der Waals surface area contributed by atoms with E-state index in [2.05, 4.69) is 15.0 Å². The molecule has 3 aromatic heterocycles. The zero-order chi connectivity index (χ0) is 20.5. The number of ether oxygens (including phenoxy) is 1. The van der Waals surface area contributed by atoms with Gasteiger partial charge in [0.15, 0.2) is 17.4 Å². The van der Waals surface area contributed by atoms with Crippen molar-refractivity contribution in [3.63, 3.8) is 0 Å². The molecule has 5 nitrogen and oxygen atoms in total. The maximum absolute atomic E-state index is 14.2. The molecule has 1 N–H and O–H groups in total. The summed E-state index contributed by atoms with van der Waals surface area (Å²) in [6.07, 6.45) is 1.62. The highest BCUT2D eigenvalue weighted by molar-refractivity contribution is 7.16. The molecule has 0 atom stereocenters. The lowest BCUT2D eigenvalue weighted by molar-refractivity contribution is 0.293. The number of pyridine rings is 1. The SMILES string of the molecule is Cc1nc(COc2ccccn2)sc1-c1csc(-c2cc(F)c(F)c(O)c2F)n1. The third-order valence-electron chi connectivity index (χ3n) is 3.92. The van der Waals surface area contributed by atoms with Crippen LogP contribution in [0.15, 0.2) is 35.8 Å². The molecular formula is C19H12F3N3O2S2. The number of benzene rings is 1. The summed E-state index contributed by atoms with van der Waals surface area (Å²) >= 11 is 2.41. The lowest BCUT2D eigenvalue weighted by atomic mass is 10.2. The fourth-order valence-corrected chi connectivity index (χ4v) is 4.40. The lowest BCUT2D eigenvalue weighted by Crippen LogP contribution is -1.96. The largest absolute Gasteiger partial charge is 0.503 e. The van der Waals surface area contributed by atoms with E-state index in [1.165, 1.54) is 11.3 Å². The number of rotatable bonds is 5. The van der Waals surface area contributed by atoms with Crippen LogP contribution in [0.4, 0.5) is 13.2 Å². The van der Waals surface area contributed by atoms with E-state index in [-0.39, 0.29) is 17.2 Å². The van der Waals surface area contributed by atoms with E-state index in [4.69, 9.17) is 4.74 Å². The van der Waals surface area contributed by atoms with Crippen molar-refractivity contribution in [1.82, 2.24) is 15.0 Å². The first-order valence-electron chi connectivity index (χ1n) is 8.27. The predicted octanol–water partition coefficient (Wildman–Crippen LogP) is 5.34. The summed E-state index contributed by atoms with van der Waals surface area (Å²) in [7, 11) is 0. The van der Waals surface area contributed by atoms with E-state index >= 15 is 0 Å². The molecule has 0 amide bonds. The van der Waals surface area contributed by atoms with Crippen LogP contribution in [-0.4, -0.2) is 20.1 Å². The van der Waals surface area contributed by atoms with Gasteiger partial charge in [0.05, 0.1) is 21.8 Å². The molecule has 4 rings (SSSR count). The van der Waals surface area contributed by atoms with Crippen molar-refractivity contribution in [2.75, 3.05) is 0 Å². The van der Waals surface area contributed by atoms with Gasteiger partial charge in [0, 0.05) is 17.6 Å². The molecule has 148 valence electrons. The zero-order valence-electron chi connectivity index (χ0n) is 14.8. The summed E-state index contributed by atoms with van der Waals surface area (Å²) < 4.78 is 46.6. The summed E-state index contributed by atoms with van der Waals surface area (Å²) in [6, 6.07) is 6.01. The van der Waals surface area contributed by atoms with Crippen LogP contribution in [-0.2, 0) is 6.61 Å². The minimum absolute atomic E-state index is 0.116. The van der Waals surface area contributed by atoms with Gasteiger partial charge in [-0.3, -0.25) is 0 Å². The van der Waals surface area contributed by atoms with Crippen LogP contribution >= 0.6 is 22.7 Å². The van der Waals surface area contributed by atoms with Crippen LogP contribution in [0.25, 0.3) is 21.1 Å². The monoisotopic (exact) mass is 435 g/mol. The van der Waals surface area contributed by atoms with Crippen LogP contribution in [0, 0.1) is 24.4 Å². The van der Waals surface area contributed by atoms with Crippen molar-refractivity contribution in [2.45, 2.75) is 13.5 Å². The Morgan fingerprint density at radius 1 is 1.14 bits per heavy atom. The number of aryl methyl sites for hydroxylation is 1. The molecule has 0 aliphatic rings. The molecule has 3 heterocycles. The standard InChI is InChI=1S/C19H12F3N3O2S2/c1-9-18(29-14(24-9)7-27-13-4-2-3-5-23-13)12-8-28-19(25-12)10-6-11(20)16(22)17(26)15(10)21/h2-6,8,26H,7H2,1H3. The van der Waals surface area contributed by atoms with Crippen LogP contribution in [0.1, 0.15) is 10.7 Å². The lowest BCUT2D eigenvalue weighted by Gasteiger charge is -2.03. The van der Waals surface area contributed by atoms with Crippen LogP contribution < -0.4 is 4.74 Å². The van der Waals surface area contributed by atoms with Crippen molar-refractivity contribution >= 4 is 22.7 Å². The van der Waals surface area contributed by atoms with E-state index < -0.39 is 23.2 Å². The fourth-order valence-electron chi connectivity index (χ4n) is 2.57. The van der Waals surface area contributed by atoms with Crippen molar-refractivity contribution < 1.29 is 23.0 Å². The van der Waals surface area contributed by atoms with Gasteiger partial charge in [-0.1, -0.05) is 6.07 Å². The third-order valence-corrected chi connectivity index (χ3v) is 5.95. The topological polar surface area (TPSA) is 68.1 Å². The van der Waals surface area contributed by atoms with Gasteiger partial charge < -0.3 is 9.84 Å². The average molecular weight is 435 g/mol. The number of nitrogens with zero attached hydrogens (tertiary/aromatic N) is 3. The number of phenolic OH excluding ortho intramolecular Hbond substituents is 1. The second kappa shape index (κ2) is 7.80. The summed E-state index contributed by atoms with van der Waals surface area (Å²) in [5, 5.41) is 11.9. The van der Waals surface area contributed by atoms with Crippen molar-refractivity contribution in [3.8, 4) is 32.8 Å². The van der Waals surface area contributed by atoms with Gasteiger partial charge >= 0.3 is 0 Å². The van der Waals surface area contributed by atoms with Gasteiger partial charge in [-0.15, -0.1) is 22.7 Å². The first-order valence-corrected chi connectivity index (χ1v) is 9.96. The van der Waals surface area contributed by atoms with Crippen molar-refractivity contribution in [2.24, 2.45) is 0 Å². The van der Waals surface area contributed by atoms with E-state index in [1.54, 1.807) is 30.6 Å². The van der Waals surface area contributed by atoms with Gasteiger partial charge in [0.2, 0.25) is 11.7 Å². The molecule has 1 aromatic carbocycles. The molecule has 0 spiro atoms. The fraction of sp³-hybridized carbons (Fsp3) is 0.105. The number of halogens is 3. The van der Waals surface area contributed by atoms with E-state index in [1.807, 2.05) is 6.07 Å². The Morgan fingerprint density at radius 2 is 1.97 bits per heavy atom. The zero-order valence-corrected chi connectivity index (χ0v) is 16.5. The highest BCUT2D eigenvalue weighted by atomic mass is 32.1. The quantitative estimate of drug-likeness (QED) is 0.429. The first kappa shape index (κ1) is 19.3. The van der Waals surface area contributed by atoms with Crippen LogP contribution in [0.3, 0.4) is 0 Å². The second-order valence-electron chi connectivity index (χ2n) is 5.90. The summed E-state index contributed by atoms with van der Waals surface area (Å²) in [6.45, 7) is 2.03. The molecule has 0 saturated carbocycles. The Balaban J connectivity index is 1.60. The van der Waals surface area contributed by atoms with Crippen molar-refractivity contribution in [1.29, 1.82) is 0 Å². The molecule has 0 aliphatic heterocycles. The summed E-state index contributed by atoms with van der Waals surface area (Å²) in [5.41, 5.74) is 0.923. The number of aromatic nitrogens is 3. The second-order valence-corrected chi connectivity index (χ2v) is 7.84. The van der Waals surface area contributed by atoms with Gasteiger partial charge in [-0.2, -0.15) is 4.39 Å². The van der Waals surface area contributed by atoms with Crippen molar-refractivity contribution in [3.05, 3.63) is 64.0 Å². The number of phenols is 1. The number of thiazole rings is 2. The summed E-state index contributed by atoms with van der Waals surface area (Å²) in [5.74, 6) is -5.11. The highest BCUT2D eigenvalue weighted by Crippen LogP contribution is 2.37. The van der Waals surface area contributed by atoms with Gasteiger partial charge in [-0.25, -0.2) is 23.7 Å². The molecule has 0 bridgehead atoms. The molecule has 0 aliphatic carbocycles. The first-order chi connectivity index (χ1) is 13.9. The Hall–Kier alpha value is -2.98. The maximum atomic E-state index is 14.2. The summed E-state index contributed by atoms with van der Waals surface area (Å²) in [4.78, 5) is 13.6. The van der Waals surface area contributed by atoms with Gasteiger partial charge in [-0.05, 0) is 19.1 Å². The maximum Gasteiger partial charge on any atom is 0.213 e. The Morgan fingerprint density at radius 3 is 2.72 bits per heavy atom. The molecule has 0 unspecified atom stereocenters. The predicted molar refractivity (Wildman–Crippen MR) is 104 cm³/mol. The Kier molecular flexibility index (Phi) is 5.20.